The van der Waals surface area contributed by atoms with Crippen LogP contribution >= 0.6 is 0 Å². The van der Waals surface area contributed by atoms with Crippen molar-refractivity contribution in [2.75, 3.05) is 52.9 Å². The molecule has 0 radical (unpaired) electrons. The Morgan fingerprint density at radius 3 is 0.829 bits per heavy atom. The van der Waals surface area contributed by atoms with E-state index in [0.717, 1.165) is 183 Å². The third-order valence-corrected chi connectivity index (χ3v) is 14.2. The van der Waals surface area contributed by atoms with Crippen molar-refractivity contribution >= 4 is 11.9 Å². The molecule has 2 N–H and O–H groups in total. The van der Waals surface area contributed by atoms with E-state index in [-0.39, 0.29) is 52.9 Å². The second-order valence-corrected chi connectivity index (χ2v) is 20.5. The molecule has 1 aliphatic rings. The first-order chi connectivity index (χ1) is 37.2. The van der Waals surface area contributed by atoms with Gasteiger partial charge in [-0.25, -0.2) is 9.59 Å². The fourth-order valence-corrected chi connectivity index (χ4v) is 10.5. The first-order valence-electron chi connectivity index (χ1n) is 29.1. The quantitative estimate of drug-likeness (QED) is 0.0227. The van der Waals surface area contributed by atoms with E-state index in [4.69, 9.17) is 28.4 Å². The van der Waals surface area contributed by atoms with E-state index >= 15 is 0 Å². The molecule has 4 aromatic carbocycles. The van der Waals surface area contributed by atoms with Gasteiger partial charge in [-0.05, 0) is 118 Å². The summed E-state index contributed by atoms with van der Waals surface area (Å²) in [6.45, 7) is 16.4. The molecule has 8 bridgehead atoms. The Hall–Kier alpha value is -5.58. The van der Waals surface area contributed by atoms with Gasteiger partial charge in [-0.2, -0.15) is 0 Å². The molecular weight excluding hydrogens is 953 g/mol. The molecule has 0 amide bonds. The topological polar surface area (TPSA) is 130 Å². The Kier molecular flexibility index (Phi) is 28.2. The van der Waals surface area contributed by atoms with Crippen LogP contribution in [-0.4, -0.2) is 75.0 Å². The number of hydrogen-bond acceptors (Lipinski definition) is 10. The molecule has 5 rings (SSSR count). The minimum Gasteiger partial charge on any atom is -0.491 e. The zero-order valence-electron chi connectivity index (χ0n) is 47.0. The average molecular weight is 1050 g/mol. The van der Waals surface area contributed by atoms with E-state index in [1.54, 1.807) is 0 Å². The molecule has 0 saturated carbocycles. The van der Waals surface area contributed by atoms with Crippen molar-refractivity contribution < 1.29 is 48.2 Å². The number of carbonyl (C=O) groups excluding carboxylic acids is 2. The van der Waals surface area contributed by atoms with Crippen molar-refractivity contribution in [3.05, 3.63) is 141 Å². The Labute approximate surface area is 456 Å². The lowest BCUT2D eigenvalue weighted by Crippen LogP contribution is -2.15. The summed E-state index contributed by atoms with van der Waals surface area (Å²) in [5, 5.41) is 20.7. The molecule has 416 valence electrons. The molecular formula is C66H92O10. The number of esters is 2. The Balaban J connectivity index is 1.90. The third-order valence-electron chi connectivity index (χ3n) is 14.2. The predicted octanol–water partition coefficient (Wildman–Crippen LogP) is 13.8. The normalized spacial score (nSPS) is 12.0. The predicted molar refractivity (Wildman–Crippen MR) is 307 cm³/mol. The van der Waals surface area contributed by atoms with Crippen LogP contribution < -0.4 is 18.9 Å². The number of aryl methyl sites for hydroxylation is 4. The molecule has 0 spiro atoms. The highest BCUT2D eigenvalue weighted by molar-refractivity contribution is 5.81. The van der Waals surface area contributed by atoms with Gasteiger partial charge in [0.15, 0.2) is 0 Å². The summed E-state index contributed by atoms with van der Waals surface area (Å²) in [4.78, 5) is 24.6. The second-order valence-electron chi connectivity index (χ2n) is 20.5. The number of carbonyl (C=O) groups is 2. The van der Waals surface area contributed by atoms with Crippen LogP contribution in [0.4, 0.5) is 0 Å². The van der Waals surface area contributed by atoms with Crippen LogP contribution in [0.3, 0.4) is 0 Å². The molecule has 0 unspecified atom stereocenters. The van der Waals surface area contributed by atoms with Gasteiger partial charge < -0.3 is 38.6 Å². The zero-order valence-corrected chi connectivity index (χ0v) is 47.0. The summed E-state index contributed by atoms with van der Waals surface area (Å²) in [6.07, 6.45) is 25.8. The lowest BCUT2D eigenvalue weighted by atomic mass is 9.87. The SMILES string of the molecule is C=CC(=O)OCCOc1c2cc(CCCCCC)cc1Cc1cc(CCCCCC)cc(c1OCCOC(=O)C=C)Cc1cc(CCCCCC)cc(c1OCCO)Cc1cc(CCCCCC)cc(c1OCCO)C2. The van der Waals surface area contributed by atoms with E-state index in [9.17, 15) is 19.8 Å². The molecule has 10 nitrogen and oxygen atoms in total. The van der Waals surface area contributed by atoms with Crippen molar-refractivity contribution in [2.45, 2.75) is 182 Å². The smallest absolute Gasteiger partial charge is 0.330 e. The molecule has 4 aromatic rings. The van der Waals surface area contributed by atoms with Gasteiger partial charge in [-0.15, -0.1) is 0 Å². The summed E-state index contributed by atoms with van der Waals surface area (Å²) in [5.41, 5.74) is 12.9. The van der Waals surface area contributed by atoms with E-state index in [0.29, 0.717) is 25.7 Å². The van der Waals surface area contributed by atoms with Crippen molar-refractivity contribution in [3.63, 3.8) is 0 Å². The molecule has 0 fully saturated rings. The van der Waals surface area contributed by atoms with Crippen molar-refractivity contribution in [1.29, 1.82) is 0 Å². The lowest BCUT2D eigenvalue weighted by Gasteiger charge is -2.25. The van der Waals surface area contributed by atoms with Crippen LogP contribution in [0.15, 0.2) is 73.8 Å². The van der Waals surface area contributed by atoms with Crippen LogP contribution in [0.25, 0.3) is 0 Å². The maximum Gasteiger partial charge on any atom is 0.330 e. The Morgan fingerprint density at radius 1 is 0.382 bits per heavy atom. The minimum atomic E-state index is -0.510. The van der Waals surface area contributed by atoms with E-state index in [2.05, 4.69) is 89.4 Å². The summed E-state index contributed by atoms with van der Waals surface area (Å²) in [7, 11) is 0. The van der Waals surface area contributed by atoms with Crippen LogP contribution in [0.5, 0.6) is 23.0 Å². The summed E-state index contributed by atoms with van der Waals surface area (Å²) >= 11 is 0. The summed E-state index contributed by atoms with van der Waals surface area (Å²) in [5.74, 6) is 1.91. The largest absolute Gasteiger partial charge is 0.491 e. The number of aliphatic hydroxyl groups is 2. The maximum atomic E-state index is 12.3. The van der Waals surface area contributed by atoms with Gasteiger partial charge in [0.2, 0.25) is 0 Å². The first-order valence-corrected chi connectivity index (χ1v) is 29.1. The number of ether oxygens (including phenoxy) is 6. The van der Waals surface area contributed by atoms with Gasteiger partial charge in [0.1, 0.15) is 62.6 Å². The highest BCUT2D eigenvalue weighted by atomic mass is 16.6. The standard InChI is InChI=1S/C66H92O10/c1-7-13-17-21-25-49-37-53-45-54-38-50(26-22-18-14-8-2)40-56(64(54)74-32-30-68)47-58-42-52(28-24-20-16-10-4)44-60(66(58)76-36-34-72-62(70)12-6)48-59-43-51(27-23-19-15-9-3)41-57(46-55(39-49)63(53)73-31-29-67)65(59)75-35-33-71-61(69)11-5/h11-12,37-44,67-68H,5-10,13-36,45-48H2,1-4H3. The monoisotopic (exact) mass is 1040 g/mol. The van der Waals surface area contributed by atoms with Crippen molar-refractivity contribution in [1.82, 2.24) is 0 Å². The van der Waals surface area contributed by atoms with Gasteiger partial charge in [0.25, 0.3) is 0 Å². The van der Waals surface area contributed by atoms with Gasteiger partial charge in [0.05, 0.1) is 13.2 Å². The van der Waals surface area contributed by atoms with Gasteiger partial charge in [-0.3, -0.25) is 0 Å². The van der Waals surface area contributed by atoms with Crippen LogP contribution in [0, 0.1) is 0 Å². The first kappa shape index (κ1) is 61.3. The lowest BCUT2D eigenvalue weighted by molar-refractivity contribution is -0.139. The molecule has 1 aliphatic carbocycles. The van der Waals surface area contributed by atoms with Crippen molar-refractivity contribution in [3.8, 4) is 23.0 Å². The second kappa shape index (κ2) is 35.0. The number of benzene rings is 4. The number of aliphatic hydroxyl groups excluding tert-OH is 2. The third kappa shape index (κ3) is 20.1. The number of unbranched alkanes of at least 4 members (excludes halogenated alkanes) is 12. The molecule has 76 heavy (non-hydrogen) atoms. The molecule has 0 saturated heterocycles. The molecule has 0 aromatic heterocycles. The maximum absolute atomic E-state index is 12.3. The number of fused-ring (bicyclic) bond motifs is 8. The van der Waals surface area contributed by atoms with E-state index in [1.165, 1.54) is 47.2 Å². The zero-order chi connectivity index (χ0) is 54.3. The van der Waals surface area contributed by atoms with Gasteiger partial charge in [0, 0.05) is 37.8 Å². The van der Waals surface area contributed by atoms with E-state index in [1.807, 2.05) is 0 Å². The fraction of sp³-hybridized carbons (Fsp3) is 0.545. The van der Waals surface area contributed by atoms with Crippen LogP contribution in [0.2, 0.25) is 0 Å². The van der Waals surface area contributed by atoms with Crippen LogP contribution in [-0.2, 0) is 70.4 Å². The molecule has 0 heterocycles. The van der Waals surface area contributed by atoms with Gasteiger partial charge >= 0.3 is 11.9 Å². The van der Waals surface area contributed by atoms with E-state index < -0.39 is 11.9 Å². The Bertz CT molecular complexity index is 2250. The summed E-state index contributed by atoms with van der Waals surface area (Å²) < 4.78 is 38.3. The van der Waals surface area contributed by atoms with Gasteiger partial charge in [-0.1, -0.05) is 166 Å². The fourth-order valence-electron chi connectivity index (χ4n) is 10.5. The number of hydrogen-bond donors (Lipinski definition) is 2. The number of rotatable bonds is 36. The van der Waals surface area contributed by atoms with Crippen molar-refractivity contribution in [2.24, 2.45) is 0 Å². The summed E-state index contributed by atoms with van der Waals surface area (Å²) in [6, 6.07) is 18.4. The minimum absolute atomic E-state index is 0.0406. The molecule has 10 heteroatoms. The highest BCUT2D eigenvalue weighted by Gasteiger charge is 2.25. The average Bonchev–Trinajstić information content (AvgIpc) is 3.43. The molecule has 0 atom stereocenters. The molecule has 0 aliphatic heterocycles. The highest BCUT2D eigenvalue weighted by Crippen LogP contribution is 2.42. The van der Waals surface area contributed by atoms with Crippen LogP contribution in [0.1, 0.15) is 197 Å². The Morgan fingerprint density at radius 2 is 0.618 bits per heavy atom.